The molecule has 4 heterocycles. The quantitative estimate of drug-likeness (QED) is 0.761. The summed E-state index contributed by atoms with van der Waals surface area (Å²) in [6, 6.07) is 1.57. The van der Waals surface area contributed by atoms with Crippen molar-refractivity contribution < 1.29 is 9.90 Å². The van der Waals surface area contributed by atoms with Gasteiger partial charge in [0, 0.05) is 49.8 Å². The summed E-state index contributed by atoms with van der Waals surface area (Å²) < 4.78 is 1.85. The fourth-order valence-electron chi connectivity index (χ4n) is 4.06. The molecule has 1 saturated heterocycles. The molecule has 2 aliphatic heterocycles. The first-order valence-electron chi connectivity index (χ1n) is 9.70. The van der Waals surface area contributed by atoms with Gasteiger partial charge in [-0.1, -0.05) is 12.8 Å². The average molecular weight is 370 g/mol. The number of fused-ring (bicyclic) bond motifs is 1. The third kappa shape index (κ3) is 3.53. The molecule has 1 fully saturated rings. The van der Waals surface area contributed by atoms with Crippen LogP contribution < -0.4 is 10.6 Å². The van der Waals surface area contributed by atoms with Gasteiger partial charge in [0.05, 0.1) is 11.9 Å². The van der Waals surface area contributed by atoms with Gasteiger partial charge in [-0.3, -0.25) is 9.79 Å². The second-order valence-corrected chi connectivity index (χ2v) is 7.38. The zero-order valence-electron chi connectivity index (χ0n) is 15.6. The van der Waals surface area contributed by atoms with E-state index in [9.17, 15) is 9.90 Å². The van der Waals surface area contributed by atoms with Crippen LogP contribution >= 0.6 is 0 Å². The maximum absolute atomic E-state index is 11.4. The highest BCUT2D eigenvalue weighted by Gasteiger charge is 2.25. The van der Waals surface area contributed by atoms with E-state index >= 15 is 0 Å². The SMILES string of the molecule is CNc1cc(C2CCCCC(C(=O)O)NC2)nc2c(C3C=NCC3)cnn12. The number of carbonyl (C=O) groups is 1. The molecule has 3 N–H and O–H groups in total. The normalized spacial score (nSPS) is 26.0. The minimum atomic E-state index is -0.770. The molecule has 0 saturated carbocycles. The van der Waals surface area contributed by atoms with Crippen molar-refractivity contribution in [3.8, 4) is 0 Å². The van der Waals surface area contributed by atoms with E-state index in [-0.39, 0.29) is 11.8 Å². The van der Waals surface area contributed by atoms with Crippen LogP contribution in [0.15, 0.2) is 17.3 Å². The maximum atomic E-state index is 11.4. The van der Waals surface area contributed by atoms with Crippen LogP contribution in [0.1, 0.15) is 55.2 Å². The Morgan fingerprint density at radius 2 is 2.19 bits per heavy atom. The van der Waals surface area contributed by atoms with Crippen LogP contribution in [-0.2, 0) is 4.79 Å². The molecule has 4 rings (SSSR count). The summed E-state index contributed by atoms with van der Waals surface area (Å²) in [5.74, 6) is 0.577. The Bertz CT molecular complexity index is 861. The molecular weight excluding hydrogens is 344 g/mol. The Hall–Kier alpha value is -2.48. The predicted octanol–water partition coefficient (Wildman–Crippen LogP) is 2.03. The summed E-state index contributed by atoms with van der Waals surface area (Å²) in [4.78, 5) is 20.7. The Morgan fingerprint density at radius 3 is 2.93 bits per heavy atom. The van der Waals surface area contributed by atoms with Gasteiger partial charge in [0.2, 0.25) is 0 Å². The largest absolute Gasteiger partial charge is 0.480 e. The van der Waals surface area contributed by atoms with Crippen LogP contribution in [0.3, 0.4) is 0 Å². The second kappa shape index (κ2) is 7.64. The summed E-state index contributed by atoms with van der Waals surface area (Å²) in [6.45, 7) is 1.47. The maximum Gasteiger partial charge on any atom is 0.320 e. The second-order valence-electron chi connectivity index (χ2n) is 7.38. The number of rotatable bonds is 4. The van der Waals surface area contributed by atoms with E-state index in [1.165, 1.54) is 0 Å². The molecule has 8 heteroatoms. The zero-order chi connectivity index (χ0) is 18.8. The lowest BCUT2D eigenvalue weighted by Crippen LogP contribution is -2.40. The average Bonchev–Trinajstić information content (AvgIpc) is 3.29. The summed E-state index contributed by atoms with van der Waals surface area (Å²) >= 11 is 0. The van der Waals surface area contributed by atoms with E-state index < -0.39 is 12.0 Å². The third-order valence-electron chi connectivity index (χ3n) is 5.65. The number of carboxylic acids is 1. The number of anilines is 1. The lowest BCUT2D eigenvalue weighted by atomic mass is 9.93. The van der Waals surface area contributed by atoms with Crippen molar-refractivity contribution in [2.75, 3.05) is 25.5 Å². The van der Waals surface area contributed by atoms with Crippen LogP contribution in [0, 0.1) is 0 Å². The number of carboxylic acid groups (broad SMARTS) is 1. The number of aliphatic imine (C=N–C) groups is 1. The van der Waals surface area contributed by atoms with Gasteiger partial charge >= 0.3 is 5.97 Å². The van der Waals surface area contributed by atoms with Gasteiger partial charge in [-0.05, 0) is 19.3 Å². The molecular formula is C19H26N6O2. The lowest BCUT2D eigenvalue weighted by molar-refractivity contribution is -0.139. The molecule has 0 bridgehead atoms. The van der Waals surface area contributed by atoms with E-state index in [4.69, 9.17) is 4.98 Å². The summed E-state index contributed by atoms with van der Waals surface area (Å²) in [5, 5.41) is 20.3. The number of hydrogen-bond acceptors (Lipinski definition) is 6. The molecule has 0 amide bonds. The molecule has 0 aromatic carbocycles. The Kier molecular flexibility index (Phi) is 5.07. The Balaban J connectivity index is 1.68. The van der Waals surface area contributed by atoms with E-state index in [1.807, 2.05) is 30.0 Å². The van der Waals surface area contributed by atoms with Crippen molar-refractivity contribution in [2.24, 2.45) is 4.99 Å². The fraction of sp³-hybridized carbons (Fsp3) is 0.579. The molecule has 2 aromatic heterocycles. The summed E-state index contributed by atoms with van der Waals surface area (Å²) in [5.41, 5.74) is 2.96. The Morgan fingerprint density at radius 1 is 1.33 bits per heavy atom. The van der Waals surface area contributed by atoms with Crippen LogP contribution in [0.25, 0.3) is 5.65 Å². The van der Waals surface area contributed by atoms with E-state index in [0.29, 0.717) is 13.0 Å². The highest BCUT2D eigenvalue weighted by atomic mass is 16.4. The Labute approximate surface area is 158 Å². The molecule has 144 valence electrons. The topological polar surface area (TPSA) is 104 Å². The number of nitrogens with zero attached hydrogens (tertiary/aromatic N) is 4. The molecule has 0 aliphatic carbocycles. The molecule has 2 aromatic rings. The van der Waals surface area contributed by atoms with Gasteiger partial charge in [0.1, 0.15) is 11.9 Å². The smallest absolute Gasteiger partial charge is 0.320 e. The molecule has 27 heavy (non-hydrogen) atoms. The van der Waals surface area contributed by atoms with E-state index in [1.54, 1.807) is 0 Å². The third-order valence-corrected chi connectivity index (χ3v) is 5.65. The first kappa shape index (κ1) is 17.9. The minimum Gasteiger partial charge on any atom is -0.480 e. The van der Waals surface area contributed by atoms with E-state index in [2.05, 4.69) is 20.7 Å². The van der Waals surface area contributed by atoms with Gasteiger partial charge in [0.25, 0.3) is 0 Å². The molecule has 3 atom stereocenters. The fourth-order valence-corrected chi connectivity index (χ4v) is 4.06. The van der Waals surface area contributed by atoms with E-state index in [0.717, 1.165) is 55.0 Å². The predicted molar refractivity (Wildman–Crippen MR) is 104 cm³/mol. The number of aliphatic carboxylic acids is 1. The van der Waals surface area contributed by atoms with Gasteiger partial charge in [0.15, 0.2) is 5.65 Å². The minimum absolute atomic E-state index is 0.184. The monoisotopic (exact) mass is 370 g/mol. The standard InChI is InChI=1S/C19H26N6O2/c1-20-17-8-16(13-4-2-3-5-15(19(26)27)22-10-13)24-18-14(11-23-25(17)18)12-6-7-21-9-12/h8-9,11-13,15,20,22H,2-7,10H2,1H3,(H,26,27). The van der Waals surface area contributed by atoms with Gasteiger partial charge in [-0.2, -0.15) is 9.61 Å². The molecule has 2 aliphatic rings. The number of hydrogen-bond donors (Lipinski definition) is 3. The van der Waals surface area contributed by atoms with Crippen LogP contribution in [0.5, 0.6) is 0 Å². The molecule has 3 unspecified atom stereocenters. The zero-order valence-corrected chi connectivity index (χ0v) is 15.6. The molecule has 0 spiro atoms. The first-order valence-corrected chi connectivity index (χ1v) is 9.70. The first-order chi connectivity index (χ1) is 13.2. The highest BCUT2D eigenvalue weighted by Crippen LogP contribution is 2.30. The van der Waals surface area contributed by atoms with Crippen molar-refractivity contribution in [3.63, 3.8) is 0 Å². The number of aromatic nitrogens is 3. The summed E-state index contributed by atoms with van der Waals surface area (Å²) in [7, 11) is 1.88. The van der Waals surface area contributed by atoms with Crippen molar-refractivity contribution in [1.82, 2.24) is 19.9 Å². The van der Waals surface area contributed by atoms with Crippen LogP contribution in [0.4, 0.5) is 5.82 Å². The van der Waals surface area contributed by atoms with Crippen LogP contribution in [-0.4, -0.2) is 58.1 Å². The summed E-state index contributed by atoms with van der Waals surface area (Å²) in [6.07, 6.45) is 8.50. The molecule has 8 nitrogen and oxygen atoms in total. The van der Waals surface area contributed by atoms with Crippen molar-refractivity contribution >= 4 is 23.6 Å². The molecule has 0 radical (unpaired) electrons. The van der Waals surface area contributed by atoms with Gasteiger partial charge in [-0.15, -0.1) is 0 Å². The van der Waals surface area contributed by atoms with Crippen LogP contribution in [0.2, 0.25) is 0 Å². The van der Waals surface area contributed by atoms with Crippen molar-refractivity contribution in [2.45, 2.75) is 50.0 Å². The number of nitrogens with one attached hydrogen (secondary N) is 2. The lowest BCUT2D eigenvalue weighted by Gasteiger charge is -2.24. The van der Waals surface area contributed by atoms with Gasteiger partial charge in [-0.25, -0.2) is 4.98 Å². The van der Waals surface area contributed by atoms with Crippen molar-refractivity contribution in [3.05, 3.63) is 23.5 Å². The van der Waals surface area contributed by atoms with Crippen molar-refractivity contribution in [1.29, 1.82) is 0 Å². The highest BCUT2D eigenvalue weighted by molar-refractivity contribution is 5.74. The van der Waals surface area contributed by atoms with Gasteiger partial charge < -0.3 is 15.7 Å².